The Bertz CT molecular complexity index is 1170. The molecule has 0 spiro atoms. The van der Waals surface area contributed by atoms with E-state index in [0.717, 1.165) is 7.11 Å². The second-order valence-corrected chi connectivity index (χ2v) is 9.34. The Morgan fingerprint density at radius 1 is 1.14 bits per heavy atom. The van der Waals surface area contributed by atoms with E-state index in [1.54, 1.807) is 69.3 Å². The normalized spacial score (nSPS) is 16.9. The molecular formula is C26H29N3O7. The van der Waals surface area contributed by atoms with Crippen molar-refractivity contribution in [1.82, 2.24) is 0 Å². The lowest BCUT2D eigenvalue weighted by Gasteiger charge is -2.29. The Hall–Kier alpha value is -4.10. The summed E-state index contributed by atoms with van der Waals surface area (Å²) in [6.07, 6.45) is -1.22. The van der Waals surface area contributed by atoms with Crippen LogP contribution in [0.1, 0.15) is 31.9 Å². The van der Waals surface area contributed by atoms with Gasteiger partial charge in [-0.05, 0) is 50.6 Å². The van der Waals surface area contributed by atoms with Gasteiger partial charge >= 0.3 is 18.0 Å². The number of methoxy groups -OCH3 is 1. The third kappa shape index (κ3) is 6.12. The number of hydrogen-bond acceptors (Lipinski definition) is 9. The summed E-state index contributed by atoms with van der Waals surface area (Å²) in [5, 5.41) is 9.29. The lowest BCUT2D eigenvalue weighted by Crippen LogP contribution is -2.59. The molecule has 1 heterocycles. The van der Waals surface area contributed by atoms with E-state index in [4.69, 9.17) is 24.7 Å². The number of para-hydroxylation sites is 1. The fourth-order valence-corrected chi connectivity index (χ4v) is 3.60. The van der Waals surface area contributed by atoms with E-state index in [9.17, 15) is 19.6 Å². The number of carbonyl (C=O) groups is 3. The number of amides is 1. The molecule has 10 heteroatoms. The third-order valence-corrected chi connectivity index (χ3v) is 5.34. The van der Waals surface area contributed by atoms with Gasteiger partial charge in [-0.2, -0.15) is 5.26 Å². The number of nitrogens with zero attached hydrogens (tertiary/aromatic N) is 2. The SMILES string of the molecule is COC(=O)C(N)(Cc1ccc(OCC2CN(c3ccccc3C#N)C(=O)O2)cc1)C(=O)OC(C)(C)C. The van der Waals surface area contributed by atoms with Crippen molar-refractivity contribution in [2.75, 3.05) is 25.2 Å². The summed E-state index contributed by atoms with van der Waals surface area (Å²) >= 11 is 0. The summed E-state index contributed by atoms with van der Waals surface area (Å²) < 4.78 is 21.2. The molecule has 2 aromatic carbocycles. The minimum absolute atomic E-state index is 0.0944. The maximum Gasteiger partial charge on any atom is 0.414 e. The summed E-state index contributed by atoms with van der Waals surface area (Å²) in [4.78, 5) is 38.7. The molecule has 190 valence electrons. The largest absolute Gasteiger partial charge is 0.490 e. The van der Waals surface area contributed by atoms with E-state index in [1.807, 2.05) is 0 Å². The van der Waals surface area contributed by atoms with Crippen LogP contribution in [-0.4, -0.2) is 55.5 Å². The number of hydrogen-bond donors (Lipinski definition) is 1. The highest BCUT2D eigenvalue weighted by Gasteiger charge is 2.46. The molecule has 1 aliphatic rings. The topological polar surface area (TPSA) is 141 Å². The number of nitriles is 1. The summed E-state index contributed by atoms with van der Waals surface area (Å²) in [6.45, 7) is 5.37. The minimum Gasteiger partial charge on any atom is -0.490 e. The molecule has 0 bridgehead atoms. The summed E-state index contributed by atoms with van der Waals surface area (Å²) in [5.74, 6) is -1.29. The van der Waals surface area contributed by atoms with Gasteiger partial charge in [-0.3, -0.25) is 4.90 Å². The van der Waals surface area contributed by atoms with Gasteiger partial charge in [0.05, 0.1) is 24.9 Å². The molecule has 2 aromatic rings. The predicted molar refractivity (Wildman–Crippen MR) is 129 cm³/mol. The van der Waals surface area contributed by atoms with Crippen LogP contribution in [0.25, 0.3) is 0 Å². The van der Waals surface area contributed by atoms with Gasteiger partial charge in [0.1, 0.15) is 24.0 Å². The Balaban J connectivity index is 1.63. The summed E-state index contributed by atoms with van der Waals surface area (Å²) in [6, 6.07) is 15.5. The molecular weight excluding hydrogens is 466 g/mol. The fourth-order valence-electron chi connectivity index (χ4n) is 3.60. The van der Waals surface area contributed by atoms with Gasteiger partial charge in [0.2, 0.25) is 5.54 Å². The second kappa shape index (κ2) is 10.7. The van der Waals surface area contributed by atoms with Crippen LogP contribution in [0.3, 0.4) is 0 Å². The second-order valence-electron chi connectivity index (χ2n) is 9.34. The quantitative estimate of drug-likeness (QED) is 0.332. The number of esters is 2. The third-order valence-electron chi connectivity index (χ3n) is 5.34. The minimum atomic E-state index is -2.01. The van der Waals surface area contributed by atoms with Gasteiger partial charge in [-0.1, -0.05) is 24.3 Å². The van der Waals surface area contributed by atoms with Crippen LogP contribution in [0, 0.1) is 11.3 Å². The lowest BCUT2D eigenvalue weighted by atomic mass is 9.91. The van der Waals surface area contributed by atoms with E-state index < -0.39 is 35.3 Å². The van der Waals surface area contributed by atoms with Crippen LogP contribution in [0.2, 0.25) is 0 Å². The number of rotatable bonds is 8. The number of benzene rings is 2. The van der Waals surface area contributed by atoms with Crippen LogP contribution in [0.15, 0.2) is 48.5 Å². The zero-order chi connectivity index (χ0) is 26.5. The Morgan fingerprint density at radius 3 is 2.42 bits per heavy atom. The molecule has 1 amide bonds. The fraction of sp³-hybridized carbons (Fsp3) is 0.385. The van der Waals surface area contributed by atoms with Gasteiger partial charge in [-0.15, -0.1) is 0 Å². The van der Waals surface area contributed by atoms with Crippen LogP contribution in [0.4, 0.5) is 10.5 Å². The molecule has 0 radical (unpaired) electrons. The first-order valence-electron chi connectivity index (χ1n) is 11.3. The van der Waals surface area contributed by atoms with Crippen LogP contribution >= 0.6 is 0 Å². The molecule has 1 saturated heterocycles. The van der Waals surface area contributed by atoms with Crippen molar-refractivity contribution in [1.29, 1.82) is 5.26 Å². The van der Waals surface area contributed by atoms with Crippen molar-refractivity contribution < 1.29 is 33.3 Å². The smallest absolute Gasteiger partial charge is 0.414 e. The number of ether oxygens (including phenoxy) is 4. The monoisotopic (exact) mass is 495 g/mol. The molecule has 2 N–H and O–H groups in total. The highest BCUT2D eigenvalue weighted by Crippen LogP contribution is 2.26. The first-order valence-corrected chi connectivity index (χ1v) is 11.3. The maximum atomic E-state index is 12.7. The highest BCUT2D eigenvalue weighted by molar-refractivity contribution is 6.05. The molecule has 0 saturated carbocycles. The van der Waals surface area contributed by atoms with Gasteiger partial charge in [-0.25, -0.2) is 14.4 Å². The van der Waals surface area contributed by atoms with Crippen LogP contribution in [-0.2, 0) is 30.2 Å². The highest BCUT2D eigenvalue weighted by atomic mass is 16.6. The van der Waals surface area contributed by atoms with Crippen molar-refractivity contribution in [3.8, 4) is 11.8 Å². The standard InChI is InChI=1S/C26H29N3O7/c1-25(2,3)36-23(31)26(28,22(30)33-4)13-17-9-11-19(12-10-17)34-16-20-15-29(24(32)35-20)21-8-6-5-7-18(21)14-27/h5-12,20H,13,15-16,28H2,1-4H3. The Labute approximate surface area is 209 Å². The zero-order valence-corrected chi connectivity index (χ0v) is 20.6. The molecule has 2 unspecified atom stereocenters. The van der Waals surface area contributed by atoms with Crippen LogP contribution < -0.4 is 15.4 Å². The Morgan fingerprint density at radius 2 is 1.81 bits per heavy atom. The average molecular weight is 496 g/mol. The van der Waals surface area contributed by atoms with E-state index in [2.05, 4.69) is 6.07 Å². The zero-order valence-electron chi connectivity index (χ0n) is 20.6. The predicted octanol–water partition coefficient (Wildman–Crippen LogP) is 2.72. The molecule has 36 heavy (non-hydrogen) atoms. The van der Waals surface area contributed by atoms with Gasteiger partial charge in [0.15, 0.2) is 6.10 Å². The van der Waals surface area contributed by atoms with Crippen molar-refractivity contribution in [3.63, 3.8) is 0 Å². The van der Waals surface area contributed by atoms with Crippen molar-refractivity contribution in [3.05, 3.63) is 59.7 Å². The van der Waals surface area contributed by atoms with Gasteiger partial charge < -0.3 is 24.7 Å². The molecule has 10 nitrogen and oxygen atoms in total. The molecule has 1 aliphatic heterocycles. The van der Waals surface area contributed by atoms with Gasteiger partial charge in [0, 0.05) is 6.42 Å². The maximum absolute atomic E-state index is 12.7. The van der Waals surface area contributed by atoms with Crippen molar-refractivity contribution in [2.24, 2.45) is 5.73 Å². The number of carbonyl (C=O) groups excluding carboxylic acids is 3. The van der Waals surface area contributed by atoms with Gasteiger partial charge in [0.25, 0.3) is 0 Å². The van der Waals surface area contributed by atoms with E-state index in [-0.39, 0.29) is 19.6 Å². The van der Waals surface area contributed by atoms with E-state index >= 15 is 0 Å². The molecule has 3 rings (SSSR count). The first-order chi connectivity index (χ1) is 17.0. The molecule has 1 fully saturated rings. The van der Waals surface area contributed by atoms with E-state index in [0.29, 0.717) is 22.6 Å². The van der Waals surface area contributed by atoms with Crippen LogP contribution in [0.5, 0.6) is 5.75 Å². The molecule has 0 aliphatic carbocycles. The van der Waals surface area contributed by atoms with Crippen molar-refractivity contribution in [2.45, 2.75) is 44.4 Å². The molecule has 2 atom stereocenters. The number of cyclic esters (lactones) is 1. The summed E-state index contributed by atoms with van der Waals surface area (Å²) in [7, 11) is 1.15. The number of nitrogens with two attached hydrogens (primary N) is 1. The Kier molecular flexibility index (Phi) is 7.85. The summed E-state index contributed by atoms with van der Waals surface area (Å²) in [5.41, 5.74) is 4.77. The lowest BCUT2D eigenvalue weighted by molar-refractivity contribution is -0.170. The molecule has 0 aromatic heterocycles. The van der Waals surface area contributed by atoms with Crippen molar-refractivity contribution >= 4 is 23.7 Å². The average Bonchev–Trinajstić information content (AvgIpc) is 3.21. The van der Waals surface area contributed by atoms with E-state index in [1.165, 1.54) is 4.90 Å². The first kappa shape index (κ1) is 26.5. The number of anilines is 1.